The first kappa shape index (κ1) is 15.0. The molecule has 0 amide bonds. The molecule has 2 aromatic rings. The molecular formula is C13H14BrN3O2S. The number of aryl methyl sites for hydroxylation is 1. The van der Waals surface area contributed by atoms with Gasteiger partial charge in [-0.1, -0.05) is 6.07 Å². The van der Waals surface area contributed by atoms with Crippen molar-refractivity contribution in [3.63, 3.8) is 0 Å². The predicted octanol–water partition coefficient (Wildman–Crippen LogP) is 2.41. The predicted molar refractivity (Wildman–Crippen MR) is 81.8 cm³/mol. The molecule has 3 N–H and O–H groups in total. The van der Waals surface area contributed by atoms with Gasteiger partial charge in [0.2, 0.25) is 0 Å². The minimum Gasteiger partial charge on any atom is -0.326 e. The molecular weight excluding hydrogens is 342 g/mol. The molecule has 1 aromatic heterocycles. The van der Waals surface area contributed by atoms with Crippen molar-refractivity contribution < 1.29 is 8.42 Å². The van der Waals surface area contributed by atoms with Gasteiger partial charge < -0.3 is 5.73 Å². The fourth-order valence-electron chi connectivity index (χ4n) is 1.76. The molecule has 7 heteroatoms. The number of aromatic nitrogens is 1. The fraction of sp³-hybridized carbons (Fsp3) is 0.154. The van der Waals surface area contributed by atoms with E-state index >= 15 is 0 Å². The Bertz CT molecular complexity index is 718. The summed E-state index contributed by atoms with van der Waals surface area (Å²) in [7, 11) is -3.69. The number of nitrogens with two attached hydrogens (primary N) is 1. The average molecular weight is 356 g/mol. The minimum atomic E-state index is -3.69. The standard InChI is InChI=1S/C13H14BrN3O2S/c1-9-5-10(7-15)6-12(13(9)14)20(18,19)17-11-3-2-4-16-8-11/h2-6,8,17H,7,15H2,1H3. The molecule has 0 aliphatic carbocycles. The summed E-state index contributed by atoms with van der Waals surface area (Å²) in [6.07, 6.45) is 3.03. The largest absolute Gasteiger partial charge is 0.326 e. The zero-order chi connectivity index (χ0) is 14.8. The molecule has 2 rings (SSSR count). The Morgan fingerprint density at radius 1 is 1.40 bits per heavy atom. The summed E-state index contributed by atoms with van der Waals surface area (Å²) in [6, 6.07) is 6.72. The van der Waals surface area contributed by atoms with Gasteiger partial charge in [-0.3, -0.25) is 9.71 Å². The summed E-state index contributed by atoms with van der Waals surface area (Å²) < 4.78 is 27.9. The third-order valence-corrected chi connectivity index (χ3v) is 5.44. The van der Waals surface area contributed by atoms with E-state index in [0.29, 0.717) is 10.2 Å². The van der Waals surface area contributed by atoms with E-state index in [1.165, 1.54) is 6.20 Å². The number of sulfonamides is 1. The van der Waals surface area contributed by atoms with Crippen molar-refractivity contribution in [3.8, 4) is 0 Å². The highest BCUT2D eigenvalue weighted by Gasteiger charge is 2.20. The molecule has 0 atom stereocenters. The SMILES string of the molecule is Cc1cc(CN)cc(S(=O)(=O)Nc2cccnc2)c1Br. The van der Waals surface area contributed by atoms with Crippen LogP contribution >= 0.6 is 15.9 Å². The normalized spacial score (nSPS) is 11.3. The lowest BCUT2D eigenvalue weighted by molar-refractivity contribution is 0.600. The molecule has 20 heavy (non-hydrogen) atoms. The number of nitrogens with zero attached hydrogens (tertiary/aromatic N) is 1. The fourth-order valence-corrected chi connectivity index (χ4v) is 3.87. The van der Waals surface area contributed by atoms with Crippen molar-refractivity contribution in [2.45, 2.75) is 18.4 Å². The molecule has 0 aliphatic heterocycles. The van der Waals surface area contributed by atoms with E-state index < -0.39 is 10.0 Å². The van der Waals surface area contributed by atoms with Crippen LogP contribution in [0.3, 0.4) is 0 Å². The summed E-state index contributed by atoms with van der Waals surface area (Å²) in [6.45, 7) is 2.11. The zero-order valence-electron chi connectivity index (χ0n) is 10.8. The van der Waals surface area contributed by atoms with Crippen molar-refractivity contribution in [2.24, 2.45) is 5.73 Å². The number of halogens is 1. The number of benzene rings is 1. The highest BCUT2D eigenvalue weighted by Crippen LogP contribution is 2.28. The molecule has 0 saturated carbocycles. The third-order valence-electron chi connectivity index (χ3n) is 2.72. The van der Waals surface area contributed by atoms with Crippen molar-refractivity contribution in [2.75, 3.05) is 4.72 Å². The van der Waals surface area contributed by atoms with Crippen LogP contribution in [0.4, 0.5) is 5.69 Å². The minimum absolute atomic E-state index is 0.168. The number of pyridine rings is 1. The monoisotopic (exact) mass is 355 g/mol. The molecule has 0 bridgehead atoms. The lowest BCUT2D eigenvalue weighted by Crippen LogP contribution is -2.15. The number of nitrogens with one attached hydrogen (secondary N) is 1. The van der Waals surface area contributed by atoms with Gasteiger partial charge in [0.1, 0.15) is 4.90 Å². The topological polar surface area (TPSA) is 85.1 Å². The van der Waals surface area contributed by atoms with Crippen LogP contribution in [0, 0.1) is 6.92 Å². The van der Waals surface area contributed by atoms with E-state index in [1.54, 1.807) is 24.4 Å². The number of hydrogen-bond acceptors (Lipinski definition) is 4. The quantitative estimate of drug-likeness (QED) is 0.881. The van der Waals surface area contributed by atoms with Crippen LogP contribution < -0.4 is 10.5 Å². The van der Waals surface area contributed by atoms with Gasteiger partial charge in [0.05, 0.1) is 11.9 Å². The van der Waals surface area contributed by atoms with Gasteiger partial charge in [0.25, 0.3) is 10.0 Å². The van der Waals surface area contributed by atoms with Crippen LogP contribution in [0.2, 0.25) is 0 Å². The van der Waals surface area contributed by atoms with Crippen molar-refractivity contribution in [1.29, 1.82) is 0 Å². The summed E-state index contributed by atoms with van der Waals surface area (Å²) in [5.74, 6) is 0. The lowest BCUT2D eigenvalue weighted by atomic mass is 10.1. The Morgan fingerprint density at radius 3 is 2.75 bits per heavy atom. The highest BCUT2D eigenvalue weighted by atomic mass is 79.9. The van der Waals surface area contributed by atoms with Gasteiger partial charge in [-0.25, -0.2) is 8.42 Å². The maximum absolute atomic E-state index is 12.4. The van der Waals surface area contributed by atoms with E-state index in [0.717, 1.165) is 11.1 Å². The smallest absolute Gasteiger partial charge is 0.263 e. The number of anilines is 1. The summed E-state index contributed by atoms with van der Waals surface area (Å²) in [4.78, 5) is 4.05. The molecule has 0 spiro atoms. The lowest BCUT2D eigenvalue weighted by Gasteiger charge is -2.12. The molecule has 0 radical (unpaired) electrons. The Hall–Kier alpha value is -1.44. The van der Waals surface area contributed by atoms with E-state index in [4.69, 9.17) is 5.73 Å². The van der Waals surface area contributed by atoms with Gasteiger partial charge in [0, 0.05) is 17.2 Å². The van der Waals surface area contributed by atoms with Crippen molar-refractivity contribution in [3.05, 3.63) is 52.3 Å². The number of hydrogen-bond donors (Lipinski definition) is 2. The Balaban J connectivity index is 2.47. The van der Waals surface area contributed by atoms with Crippen LogP contribution in [-0.2, 0) is 16.6 Å². The molecule has 1 heterocycles. The van der Waals surface area contributed by atoms with Gasteiger partial charge in [-0.05, 0) is 52.2 Å². The van der Waals surface area contributed by atoms with Crippen molar-refractivity contribution in [1.82, 2.24) is 4.98 Å². The summed E-state index contributed by atoms with van der Waals surface area (Å²) in [5.41, 5.74) is 7.59. The van der Waals surface area contributed by atoms with Crippen LogP contribution in [-0.4, -0.2) is 13.4 Å². The zero-order valence-corrected chi connectivity index (χ0v) is 13.2. The Labute approximate surface area is 126 Å². The molecule has 106 valence electrons. The molecule has 5 nitrogen and oxygen atoms in total. The molecule has 0 aliphatic rings. The number of rotatable bonds is 4. The van der Waals surface area contributed by atoms with Gasteiger partial charge in [0.15, 0.2) is 0 Å². The third kappa shape index (κ3) is 3.17. The molecule has 0 fully saturated rings. The first-order chi connectivity index (χ1) is 9.44. The second-order valence-corrected chi connectivity index (χ2v) is 6.72. The van der Waals surface area contributed by atoms with E-state index in [1.807, 2.05) is 13.0 Å². The van der Waals surface area contributed by atoms with E-state index in [-0.39, 0.29) is 11.4 Å². The first-order valence-corrected chi connectivity index (χ1v) is 8.13. The van der Waals surface area contributed by atoms with Crippen molar-refractivity contribution >= 4 is 31.6 Å². The van der Waals surface area contributed by atoms with Gasteiger partial charge in [-0.15, -0.1) is 0 Å². The summed E-state index contributed by atoms with van der Waals surface area (Å²) in [5, 5.41) is 0. The maximum Gasteiger partial charge on any atom is 0.263 e. The van der Waals surface area contributed by atoms with E-state index in [2.05, 4.69) is 25.6 Å². The van der Waals surface area contributed by atoms with Crippen LogP contribution in [0.5, 0.6) is 0 Å². The van der Waals surface area contributed by atoms with Gasteiger partial charge >= 0.3 is 0 Å². The maximum atomic E-state index is 12.4. The second kappa shape index (κ2) is 5.90. The second-order valence-electron chi connectivity index (χ2n) is 4.28. The van der Waals surface area contributed by atoms with Crippen LogP contribution in [0.1, 0.15) is 11.1 Å². The van der Waals surface area contributed by atoms with E-state index in [9.17, 15) is 8.42 Å². The Morgan fingerprint density at radius 2 is 2.15 bits per heavy atom. The highest BCUT2D eigenvalue weighted by molar-refractivity contribution is 9.10. The molecule has 1 aromatic carbocycles. The molecule has 0 saturated heterocycles. The van der Waals surface area contributed by atoms with Crippen LogP contribution in [0.25, 0.3) is 0 Å². The molecule has 0 unspecified atom stereocenters. The van der Waals surface area contributed by atoms with Gasteiger partial charge in [-0.2, -0.15) is 0 Å². The average Bonchev–Trinajstić information content (AvgIpc) is 2.42. The first-order valence-electron chi connectivity index (χ1n) is 5.86. The Kier molecular flexibility index (Phi) is 4.42. The summed E-state index contributed by atoms with van der Waals surface area (Å²) >= 11 is 3.32. The van der Waals surface area contributed by atoms with Crippen LogP contribution in [0.15, 0.2) is 46.0 Å².